The van der Waals surface area contributed by atoms with Gasteiger partial charge in [0.15, 0.2) is 0 Å². The van der Waals surface area contributed by atoms with Crippen molar-refractivity contribution in [3.8, 4) is 5.69 Å². The second kappa shape index (κ2) is 7.95. The minimum Gasteiger partial charge on any atom is -0.297 e. The van der Waals surface area contributed by atoms with Crippen molar-refractivity contribution in [3.05, 3.63) is 100 Å². The third-order valence-corrected chi connectivity index (χ3v) is 8.38. The highest BCUT2D eigenvalue weighted by atomic mass is 16.2. The van der Waals surface area contributed by atoms with E-state index in [4.69, 9.17) is 4.98 Å². The minimum atomic E-state index is -1.10. The molecule has 2 fully saturated rings. The van der Waals surface area contributed by atoms with Crippen molar-refractivity contribution in [2.24, 2.45) is 17.8 Å². The molecule has 7 nitrogen and oxygen atoms in total. The van der Waals surface area contributed by atoms with Gasteiger partial charge in [0.25, 0.3) is 5.56 Å². The minimum absolute atomic E-state index is 0.173. The number of anilines is 1. The maximum absolute atomic E-state index is 14.4. The fourth-order valence-electron chi connectivity index (χ4n) is 6.88. The number of carbonyl (C=O) groups is 2. The second-order valence-corrected chi connectivity index (χ2v) is 11.1. The maximum atomic E-state index is 14.4. The van der Waals surface area contributed by atoms with Gasteiger partial charge in [0.05, 0.1) is 34.1 Å². The van der Waals surface area contributed by atoms with Crippen LogP contribution in [0.2, 0.25) is 0 Å². The Bertz CT molecular complexity index is 1710. The molecule has 38 heavy (non-hydrogen) atoms. The monoisotopic (exact) mass is 504 g/mol. The second-order valence-electron chi connectivity index (χ2n) is 11.1. The van der Waals surface area contributed by atoms with E-state index in [1.54, 1.807) is 10.6 Å². The summed E-state index contributed by atoms with van der Waals surface area (Å²) in [5.41, 5.74) is 2.45. The lowest BCUT2D eigenvalue weighted by Gasteiger charge is -2.32. The van der Waals surface area contributed by atoms with Crippen molar-refractivity contribution in [1.82, 2.24) is 14.9 Å². The molecule has 0 saturated carbocycles. The van der Waals surface area contributed by atoms with Crippen LogP contribution >= 0.6 is 0 Å². The Morgan fingerprint density at radius 3 is 2.39 bits per heavy atom. The zero-order valence-corrected chi connectivity index (χ0v) is 21.5. The van der Waals surface area contributed by atoms with Crippen LogP contribution in [0.25, 0.3) is 16.6 Å². The molecule has 3 aromatic carbocycles. The van der Waals surface area contributed by atoms with Gasteiger partial charge in [0.2, 0.25) is 11.8 Å². The van der Waals surface area contributed by atoms with Gasteiger partial charge in [-0.15, -0.1) is 0 Å². The topological polar surface area (TPSA) is 84.3 Å². The predicted molar refractivity (Wildman–Crippen MR) is 145 cm³/mol. The van der Waals surface area contributed by atoms with E-state index in [0.717, 1.165) is 11.1 Å². The first-order valence-corrected chi connectivity index (χ1v) is 13.2. The lowest BCUT2D eigenvalue weighted by atomic mass is 9.75. The van der Waals surface area contributed by atoms with Gasteiger partial charge in [0, 0.05) is 11.6 Å². The highest BCUT2D eigenvalue weighted by Gasteiger charge is 2.69. The van der Waals surface area contributed by atoms with Crippen molar-refractivity contribution < 1.29 is 9.59 Å². The predicted octanol–water partition coefficient (Wildman–Crippen LogP) is 4.07. The van der Waals surface area contributed by atoms with Gasteiger partial charge >= 0.3 is 0 Å². The normalized spacial score (nSPS) is 25.5. The van der Waals surface area contributed by atoms with Gasteiger partial charge in [-0.1, -0.05) is 61.9 Å². The van der Waals surface area contributed by atoms with Crippen molar-refractivity contribution in [2.45, 2.75) is 38.8 Å². The summed E-state index contributed by atoms with van der Waals surface area (Å²) in [6.45, 7) is 6.21. The van der Waals surface area contributed by atoms with E-state index in [0.29, 0.717) is 40.4 Å². The largest absolute Gasteiger partial charge is 0.297 e. The van der Waals surface area contributed by atoms with Gasteiger partial charge in [-0.25, -0.2) is 9.88 Å². The van der Waals surface area contributed by atoms with Crippen molar-refractivity contribution in [2.75, 3.05) is 4.90 Å². The summed E-state index contributed by atoms with van der Waals surface area (Å²) in [5, 5.41) is 4.28. The number of para-hydroxylation sites is 2. The van der Waals surface area contributed by atoms with Crippen LogP contribution in [0.15, 0.2) is 77.6 Å². The van der Waals surface area contributed by atoms with Gasteiger partial charge in [-0.05, 0) is 49.6 Å². The molecule has 3 aliphatic heterocycles. The molecule has 4 aromatic rings. The fourth-order valence-corrected chi connectivity index (χ4v) is 6.88. The van der Waals surface area contributed by atoms with Gasteiger partial charge in [0.1, 0.15) is 11.4 Å². The number of fused-ring (bicyclic) bond motifs is 8. The number of rotatable bonds is 3. The molecule has 0 bridgehead atoms. The zero-order chi connectivity index (χ0) is 26.3. The van der Waals surface area contributed by atoms with E-state index in [1.807, 2.05) is 73.7 Å². The molecular formula is C31H28N4O3. The summed E-state index contributed by atoms with van der Waals surface area (Å²) in [4.78, 5) is 48.7. The summed E-state index contributed by atoms with van der Waals surface area (Å²) in [6.07, 6.45) is 0.712. The lowest BCUT2D eigenvalue weighted by molar-refractivity contribution is -0.123. The van der Waals surface area contributed by atoms with Crippen LogP contribution in [0.5, 0.6) is 0 Å². The number of imide groups is 1. The number of carbonyl (C=O) groups excluding carboxylic acids is 2. The zero-order valence-electron chi connectivity index (χ0n) is 21.5. The lowest BCUT2D eigenvalue weighted by Crippen LogP contribution is -2.50. The van der Waals surface area contributed by atoms with Crippen LogP contribution in [0.3, 0.4) is 0 Å². The van der Waals surface area contributed by atoms with E-state index in [-0.39, 0.29) is 23.4 Å². The number of hydrogen-bond acceptors (Lipinski definition) is 5. The fraction of sp³-hybridized carbons (Fsp3) is 0.290. The summed E-state index contributed by atoms with van der Waals surface area (Å²) >= 11 is 0. The molecule has 7 heteroatoms. The molecule has 0 radical (unpaired) electrons. The van der Waals surface area contributed by atoms with Crippen LogP contribution in [-0.2, 0) is 15.1 Å². The molecule has 2 saturated heterocycles. The average Bonchev–Trinajstić information content (AvgIpc) is 3.48. The van der Waals surface area contributed by atoms with Crippen LogP contribution in [-0.4, -0.2) is 27.4 Å². The first-order chi connectivity index (χ1) is 18.3. The summed E-state index contributed by atoms with van der Waals surface area (Å²) in [5.74, 6) is -0.984. The van der Waals surface area contributed by atoms with E-state index < -0.39 is 17.4 Å². The van der Waals surface area contributed by atoms with Crippen molar-refractivity contribution in [1.29, 1.82) is 0 Å². The van der Waals surface area contributed by atoms with Gasteiger partial charge in [-0.2, -0.15) is 0 Å². The van der Waals surface area contributed by atoms with Crippen LogP contribution in [0, 0.1) is 24.7 Å². The van der Waals surface area contributed by atoms with E-state index in [9.17, 15) is 14.4 Å². The molecule has 1 spiro atoms. The Balaban J connectivity index is 1.52. The number of amides is 2. The number of nitrogens with zero attached hydrogens (tertiary/aromatic N) is 3. The molecule has 1 aromatic heterocycles. The molecule has 4 atom stereocenters. The molecule has 1 N–H and O–H groups in total. The first-order valence-electron chi connectivity index (χ1n) is 13.2. The number of hydrogen-bond donors (Lipinski definition) is 1. The number of aromatic nitrogens is 2. The highest BCUT2D eigenvalue weighted by molar-refractivity contribution is 6.23. The van der Waals surface area contributed by atoms with Crippen molar-refractivity contribution in [3.63, 3.8) is 0 Å². The number of nitrogens with one attached hydrogen (secondary N) is 1. The third-order valence-electron chi connectivity index (χ3n) is 8.38. The third kappa shape index (κ3) is 2.88. The first kappa shape index (κ1) is 23.0. The molecule has 0 aliphatic carbocycles. The van der Waals surface area contributed by atoms with Crippen LogP contribution in [0.4, 0.5) is 5.69 Å². The summed E-state index contributed by atoms with van der Waals surface area (Å²) in [6, 6.07) is 22.2. The SMILES string of the molecule is Cc1ccc(N2C(=O)[C@H]3C(CC(C)C)NC4(c5ccccc5-n5c4nc4ccccc4c5=O)[C@H]3C2=O)cc1. The summed E-state index contributed by atoms with van der Waals surface area (Å²) in [7, 11) is 0. The molecule has 4 heterocycles. The molecule has 190 valence electrons. The smallest absolute Gasteiger partial charge is 0.266 e. The highest BCUT2D eigenvalue weighted by Crippen LogP contribution is 2.56. The molecule has 7 rings (SSSR count). The Hall–Kier alpha value is -4.10. The standard InChI is InChI=1S/C31H28N4O3/c1-17(2)16-23-25-26(29(38)34(28(25)37)19-14-12-18(3)13-15-19)31(33-23)21-9-5-7-11-24(21)35-27(36)20-8-4-6-10-22(20)32-30(31)35/h4-15,17,23,25-26,33H,16H2,1-3H3/t23?,25-,26+,31?/m0/s1. The summed E-state index contributed by atoms with van der Waals surface area (Å²) < 4.78 is 1.64. The molecule has 3 aliphatic rings. The van der Waals surface area contributed by atoms with Gasteiger partial charge in [-0.3, -0.25) is 24.3 Å². The maximum Gasteiger partial charge on any atom is 0.266 e. The average molecular weight is 505 g/mol. The van der Waals surface area contributed by atoms with Crippen LogP contribution < -0.4 is 15.8 Å². The molecule has 2 amide bonds. The Kier molecular flexibility index (Phi) is 4.82. The Morgan fingerprint density at radius 2 is 1.63 bits per heavy atom. The number of aryl methyl sites for hydroxylation is 1. The number of benzene rings is 3. The van der Waals surface area contributed by atoms with E-state index >= 15 is 0 Å². The Morgan fingerprint density at radius 1 is 0.921 bits per heavy atom. The molecule has 2 unspecified atom stereocenters. The van der Waals surface area contributed by atoms with E-state index in [1.165, 1.54) is 4.90 Å². The quantitative estimate of drug-likeness (QED) is 0.425. The van der Waals surface area contributed by atoms with Crippen LogP contribution in [0.1, 0.15) is 37.2 Å². The molecular weight excluding hydrogens is 476 g/mol. The van der Waals surface area contributed by atoms with Gasteiger partial charge < -0.3 is 0 Å². The Labute approximate surface area is 220 Å². The van der Waals surface area contributed by atoms with Crippen molar-refractivity contribution >= 4 is 28.4 Å². The van der Waals surface area contributed by atoms with E-state index in [2.05, 4.69) is 19.2 Å².